The molecule has 1 atom stereocenters. The van der Waals surface area contributed by atoms with Gasteiger partial charge in [-0.25, -0.2) is 4.39 Å². The number of hydrogen-bond acceptors (Lipinski definition) is 3. The summed E-state index contributed by atoms with van der Waals surface area (Å²) in [5.74, 6) is 0.00859. The topological polar surface area (TPSA) is 70.6 Å². The number of amidine groups is 1. The second-order valence-corrected chi connectivity index (χ2v) is 3.89. The Hall–Kier alpha value is -1.62. The van der Waals surface area contributed by atoms with Gasteiger partial charge in [0, 0.05) is 18.0 Å². The van der Waals surface area contributed by atoms with Gasteiger partial charge in [0.1, 0.15) is 11.7 Å². The Bertz CT molecular complexity index is 382. The first-order valence-corrected chi connectivity index (χ1v) is 5.59. The molecular weight excluding hydrogens is 221 g/mol. The van der Waals surface area contributed by atoms with Gasteiger partial charge in [-0.15, -0.1) is 0 Å². The molecule has 0 saturated heterocycles. The largest absolute Gasteiger partial charge is 0.409 e. The third-order valence-electron chi connectivity index (χ3n) is 2.56. The maximum absolute atomic E-state index is 13.4. The van der Waals surface area contributed by atoms with Crippen LogP contribution in [-0.4, -0.2) is 17.6 Å². The molecular formula is C12H18FN3O. The molecule has 0 unspecified atom stereocenters. The molecule has 0 heterocycles. The number of halogens is 1. The van der Waals surface area contributed by atoms with Gasteiger partial charge >= 0.3 is 0 Å². The van der Waals surface area contributed by atoms with Crippen LogP contribution >= 0.6 is 0 Å². The highest BCUT2D eigenvalue weighted by Gasteiger charge is 2.08. The number of nitrogens with two attached hydrogens (primary N) is 1. The van der Waals surface area contributed by atoms with Crippen LogP contribution in [0.5, 0.6) is 0 Å². The highest BCUT2D eigenvalue weighted by molar-refractivity contribution is 5.79. The maximum atomic E-state index is 13.4. The summed E-state index contributed by atoms with van der Waals surface area (Å²) in [4.78, 5) is 0. The third kappa shape index (κ3) is 4.40. The van der Waals surface area contributed by atoms with Gasteiger partial charge in [-0.2, -0.15) is 0 Å². The van der Waals surface area contributed by atoms with Crippen LogP contribution in [0.15, 0.2) is 29.4 Å². The first-order valence-electron chi connectivity index (χ1n) is 5.59. The molecule has 17 heavy (non-hydrogen) atoms. The van der Waals surface area contributed by atoms with E-state index in [-0.39, 0.29) is 17.7 Å². The van der Waals surface area contributed by atoms with Crippen molar-refractivity contribution in [1.29, 1.82) is 0 Å². The van der Waals surface area contributed by atoms with Crippen LogP contribution in [0.2, 0.25) is 0 Å². The molecule has 0 saturated carbocycles. The molecule has 0 amide bonds. The fourth-order valence-electron chi connectivity index (χ4n) is 1.57. The normalized spacial score (nSPS) is 13.6. The Balaban J connectivity index is 2.35. The fraction of sp³-hybridized carbons (Fsp3) is 0.417. The zero-order chi connectivity index (χ0) is 12.7. The molecule has 0 fully saturated rings. The van der Waals surface area contributed by atoms with Crippen LogP contribution in [0.1, 0.15) is 31.4 Å². The zero-order valence-corrected chi connectivity index (χ0v) is 9.86. The Morgan fingerprint density at radius 2 is 2.24 bits per heavy atom. The van der Waals surface area contributed by atoms with Gasteiger partial charge in [0.15, 0.2) is 0 Å². The van der Waals surface area contributed by atoms with Gasteiger partial charge < -0.3 is 16.3 Å². The molecule has 4 N–H and O–H groups in total. The summed E-state index contributed by atoms with van der Waals surface area (Å²) < 4.78 is 13.4. The van der Waals surface area contributed by atoms with E-state index in [1.54, 1.807) is 12.1 Å². The molecule has 5 heteroatoms. The summed E-state index contributed by atoms with van der Waals surface area (Å²) in [5.41, 5.74) is 5.99. The van der Waals surface area contributed by atoms with Gasteiger partial charge in [0.2, 0.25) is 0 Å². The minimum Gasteiger partial charge on any atom is -0.409 e. The highest BCUT2D eigenvalue weighted by Crippen LogP contribution is 2.15. The molecule has 4 nitrogen and oxygen atoms in total. The van der Waals surface area contributed by atoms with Gasteiger partial charge in [-0.3, -0.25) is 0 Å². The van der Waals surface area contributed by atoms with Crippen molar-refractivity contribution in [3.05, 3.63) is 35.6 Å². The predicted octanol–water partition coefficient (Wildman–Crippen LogP) is 2.00. The lowest BCUT2D eigenvalue weighted by molar-refractivity contribution is 0.316. The maximum Gasteiger partial charge on any atom is 0.139 e. The Kier molecular flexibility index (Phi) is 5.42. The standard InChI is InChI=1S/C12H18FN3O/c1-9(10-5-2-3-6-11(10)13)15-8-4-7-12(14)16-17/h2-3,5-6,9,15,17H,4,7-8H2,1H3,(H2,14,16)/t9-/m1/s1. The van der Waals surface area contributed by atoms with Crippen molar-refractivity contribution in [3.8, 4) is 0 Å². The third-order valence-corrected chi connectivity index (χ3v) is 2.56. The van der Waals surface area contributed by atoms with E-state index in [4.69, 9.17) is 10.9 Å². The van der Waals surface area contributed by atoms with Crippen molar-refractivity contribution in [2.24, 2.45) is 10.9 Å². The second-order valence-electron chi connectivity index (χ2n) is 3.89. The van der Waals surface area contributed by atoms with Crippen LogP contribution in [0.25, 0.3) is 0 Å². The molecule has 0 aliphatic carbocycles. The van der Waals surface area contributed by atoms with Crippen molar-refractivity contribution in [2.75, 3.05) is 6.54 Å². The van der Waals surface area contributed by atoms with Gasteiger partial charge in [-0.05, 0) is 26.0 Å². The van der Waals surface area contributed by atoms with Crippen LogP contribution in [-0.2, 0) is 0 Å². The molecule has 1 aromatic carbocycles. The molecule has 94 valence electrons. The van der Waals surface area contributed by atoms with E-state index in [9.17, 15) is 4.39 Å². The average molecular weight is 239 g/mol. The van der Waals surface area contributed by atoms with E-state index in [0.717, 1.165) is 6.42 Å². The van der Waals surface area contributed by atoms with Crippen molar-refractivity contribution < 1.29 is 9.60 Å². The number of oxime groups is 1. The minimum absolute atomic E-state index is 0.0523. The lowest BCUT2D eigenvalue weighted by Crippen LogP contribution is -2.22. The SMILES string of the molecule is C[C@@H](NCCC/C(N)=N/O)c1ccccc1F. The van der Waals surface area contributed by atoms with Crippen molar-refractivity contribution in [1.82, 2.24) is 5.32 Å². The molecule has 0 spiro atoms. The molecule has 0 aliphatic rings. The number of benzene rings is 1. The van der Waals surface area contributed by atoms with E-state index in [1.807, 2.05) is 13.0 Å². The van der Waals surface area contributed by atoms with Crippen LogP contribution in [0.4, 0.5) is 4.39 Å². The van der Waals surface area contributed by atoms with E-state index >= 15 is 0 Å². The summed E-state index contributed by atoms with van der Waals surface area (Å²) in [6, 6.07) is 6.64. The van der Waals surface area contributed by atoms with Crippen LogP contribution in [0.3, 0.4) is 0 Å². The molecule has 0 aromatic heterocycles. The summed E-state index contributed by atoms with van der Waals surface area (Å²) in [6.45, 7) is 2.59. The van der Waals surface area contributed by atoms with E-state index < -0.39 is 0 Å². The fourth-order valence-corrected chi connectivity index (χ4v) is 1.57. The van der Waals surface area contributed by atoms with Crippen molar-refractivity contribution in [3.63, 3.8) is 0 Å². The molecule has 1 rings (SSSR count). The average Bonchev–Trinajstić information content (AvgIpc) is 2.34. The number of hydrogen-bond donors (Lipinski definition) is 3. The second kappa shape index (κ2) is 6.85. The first kappa shape index (κ1) is 13.4. The zero-order valence-electron chi connectivity index (χ0n) is 9.86. The smallest absolute Gasteiger partial charge is 0.139 e. The van der Waals surface area contributed by atoms with Gasteiger partial charge in [0.25, 0.3) is 0 Å². The predicted molar refractivity (Wildman–Crippen MR) is 65.5 cm³/mol. The van der Waals surface area contributed by atoms with Gasteiger partial charge in [0.05, 0.1) is 0 Å². The summed E-state index contributed by atoms with van der Waals surface area (Å²) >= 11 is 0. The van der Waals surface area contributed by atoms with E-state index in [1.165, 1.54) is 6.07 Å². The molecule has 0 bridgehead atoms. The number of nitrogens with one attached hydrogen (secondary N) is 1. The van der Waals surface area contributed by atoms with Crippen LogP contribution < -0.4 is 11.1 Å². The molecule has 0 radical (unpaired) electrons. The Labute approximate surface area is 100 Å². The van der Waals surface area contributed by atoms with Gasteiger partial charge in [-0.1, -0.05) is 23.4 Å². The Morgan fingerprint density at radius 1 is 1.53 bits per heavy atom. The minimum atomic E-state index is -0.205. The van der Waals surface area contributed by atoms with Crippen molar-refractivity contribution in [2.45, 2.75) is 25.8 Å². The molecule has 1 aromatic rings. The summed E-state index contributed by atoms with van der Waals surface area (Å²) in [6.07, 6.45) is 1.27. The Morgan fingerprint density at radius 3 is 2.88 bits per heavy atom. The lowest BCUT2D eigenvalue weighted by Gasteiger charge is -2.14. The summed E-state index contributed by atoms with van der Waals surface area (Å²) in [7, 11) is 0. The first-order chi connectivity index (χ1) is 8.15. The van der Waals surface area contributed by atoms with Crippen LogP contribution in [0, 0.1) is 5.82 Å². The quantitative estimate of drug-likeness (QED) is 0.234. The van der Waals surface area contributed by atoms with Crippen molar-refractivity contribution >= 4 is 5.84 Å². The number of rotatable bonds is 6. The number of nitrogens with zero attached hydrogens (tertiary/aromatic N) is 1. The summed E-state index contributed by atoms with van der Waals surface area (Å²) in [5, 5.41) is 14.4. The highest BCUT2D eigenvalue weighted by atomic mass is 19.1. The molecule has 0 aliphatic heterocycles. The lowest BCUT2D eigenvalue weighted by atomic mass is 10.1. The van der Waals surface area contributed by atoms with E-state index in [0.29, 0.717) is 18.5 Å². The van der Waals surface area contributed by atoms with E-state index in [2.05, 4.69) is 10.5 Å². The monoisotopic (exact) mass is 239 g/mol.